The largest absolute Gasteiger partial charge is 0.383 e. The molecular weight excluding hydrogens is 589 g/mol. The van der Waals surface area contributed by atoms with Crippen molar-refractivity contribution in [3.05, 3.63) is 48.0 Å². The summed E-state index contributed by atoms with van der Waals surface area (Å²) in [5, 5.41) is 0.435. The van der Waals surface area contributed by atoms with Crippen LogP contribution in [0.5, 0.6) is 0 Å². The maximum atomic E-state index is 13.8. The fraction of sp³-hybridized carbons (Fsp3) is 0.481. The molecule has 0 unspecified atom stereocenters. The summed E-state index contributed by atoms with van der Waals surface area (Å²) >= 11 is 1.24. The van der Waals surface area contributed by atoms with Crippen LogP contribution in [-0.2, 0) is 29.3 Å². The van der Waals surface area contributed by atoms with Crippen LogP contribution in [0.2, 0.25) is 0 Å². The van der Waals surface area contributed by atoms with E-state index in [4.69, 9.17) is 9.47 Å². The van der Waals surface area contributed by atoms with Gasteiger partial charge in [-0.2, -0.15) is 4.31 Å². The quantitative estimate of drug-likeness (QED) is 0.236. The van der Waals surface area contributed by atoms with Gasteiger partial charge in [0.25, 0.3) is 5.91 Å². The van der Waals surface area contributed by atoms with Gasteiger partial charge in [0.2, 0.25) is 10.0 Å². The second-order valence-corrected chi connectivity index (χ2v) is 14.3. The maximum absolute atomic E-state index is 13.8. The highest BCUT2D eigenvalue weighted by molar-refractivity contribution is 7.90. The summed E-state index contributed by atoms with van der Waals surface area (Å²) in [7, 11) is -4.23. The molecule has 1 aromatic heterocycles. The molecule has 226 valence electrons. The molecule has 0 aliphatic carbocycles. The Kier molecular flexibility index (Phi) is 11.8. The monoisotopic (exact) mass is 626 g/mol. The average molecular weight is 627 g/mol. The Morgan fingerprint density at radius 3 is 1.98 bits per heavy atom. The van der Waals surface area contributed by atoms with Crippen molar-refractivity contribution in [1.82, 2.24) is 14.2 Å². The van der Waals surface area contributed by atoms with Crippen LogP contribution in [0.15, 0.2) is 52.3 Å². The number of anilines is 1. The minimum Gasteiger partial charge on any atom is -0.383 e. The Bertz CT molecular complexity index is 1510. The van der Waals surface area contributed by atoms with Crippen molar-refractivity contribution < 1.29 is 31.1 Å². The van der Waals surface area contributed by atoms with Crippen molar-refractivity contribution in [3.8, 4) is 0 Å². The fourth-order valence-corrected chi connectivity index (χ4v) is 7.28. The Morgan fingerprint density at radius 2 is 1.44 bits per heavy atom. The van der Waals surface area contributed by atoms with Gasteiger partial charge in [-0.3, -0.25) is 9.69 Å². The van der Waals surface area contributed by atoms with E-state index in [9.17, 15) is 21.6 Å². The molecular formula is C27H38N4O7S3. The summed E-state index contributed by atoms with van der Waals surface area (Å²) in [6.07, 6.45) is 1.15. The predicted molar refractivity (Wildman–Crippen MR) is 161 cm³/mol. The fourth-order valence-electron chi connectivity index (χ4n) is 4.12. The summed E-state index contributed by atoms with van der Waals surface area (Å²) in [5.41, 5.74) is 0.895. The van der Waals surface area contributed by atoms with Crippen LogP contribution in [0, 0.1) is 0 Å². The molecule has 14 heteroatoms. The number of hydrogen-bond donors (Lipinski definition) is 0. The number of nitrogens with zero attached hydrogens (tertiary/aromatic N) is 4. The van der Waals surface area contributed by atoms with Gasteiger partial charge in [0.1, 0.15) is 0 Å². The third kappa shape index (κ3) is 8.31. The third-order valence-corrected chi connectivity index (χ3v) is 10.7. The molecule has 11 nitrogen and oxygen atoms in total. The molecule has 2 aromatic carbocycles. The Hall–Kier alpha value is -2.46. The number of benzene rings is 2. The highest BCUT2D eigenvalue weighted by Crippen LogP contribution is 2.31. The number of likely N-dealkylation sites (N-methyl/N-ethyl adjacent to an activating group) is 1. The topological polar surface area (TPSA) is 126 Å². The van der Waals surface area contributed by atoms with E-state index in [1.165, 1.54) is 60.2 Å². The number of amides is 1. The Labute approximate surface area is 246 Å². The molecule has 3 rings (SSSR count). The second kappa shape index (κ2) is 14.6. The van der Waals surface area contributed by atoms with Gasteiger partial charge in [0.05, 0.1) is 33.2 Å². The van der Waals surface area contributed by atoms with Crippen molar-refractivity contribution >= 4 is 52.5 Å². The van der Waals surface area contributed by atoms with E-state index >= 15 is 0 Å². The van der Waals surface area contributed by atoms with E-state index < -0.39 is 19.9 Å². The van der Waals surface area contributed by atoms with E-state index in [0.29, 0.717) is 34.0 Å². The first-order chi connectivity index (χ1) is 19.5. The van der Waals surface area contributed by atoms with Gasteiger partial charge < -0.3 is 14.4 Å². The number of hydrogen-bond acceptors (Lipinski definition) is 10. The van der Waals surface area contributed by atoms with Gasteiger partial charge in [-0.25, -0.2) is 21.8 Å². The van der Waals surface area contributed by atoms with Crippen LogP contribution < -0.4 is 4.90 Å². The third-order valence-electron chi connectivity index (χ3n) is 6.62. The summed E-state index contributed by atoms with van der Waals surface area (Å²) < 4.78 is 62.8. The van der Waals surface area contributed by atoms with Gasteiger partial charge in [-0.05, 0) is 55.6 Å². The minimum atomic E-state index is -3.84. The molecule has 0 aliphatic rings. The molecule has 0 aliphatic heterocycles. The molecule has 0 spiro atoms. The highest BCUT2D eigenvalue weighted by Gasteiger charge is 2.26. The molecule has 0 radical (unpaired) electrons. The zero-order valence-corrected chi connectivity index (χ0v) is 26.5. The zero-order chi connectivity index (χ0) is 30.2. The van der Waals surface area contributed by atoms with Crippen molar-refractivity contribution in [2.24, 2.45) is 0 Å². The molecule has 0 atom stereocenters. The first-order valence-corrected chi connectivity index (χ1v) is 17.3. The number of fused-ring (bicyclic) bond motifs is 1. The minimum absolute atomic E-state index is 0.0595. The molecule has 0 saturated heterocycles. The van der Waals surface area contributed by atoms with Gasteiger partial charge >= 0.3 is 0 Å². The van der Waals surface area contributed by atoms with Gasteiger partial charge in [0.15, 0.2) is 15.0 Å². The summed E-state index contributed by atoms with van der Waals surface area (Å²) in [6.45, 7) is 7.45. The van der Waals surface area contributed by atoms with Crippen LogP contribution in [0.4, 0.5) is 5.13 Å². The molecule has 0 fully saturated rings. The normalized spacial score (nSPS) is 12.5. The number of sulfonamides is 1. The van der Waals surface area contributed by atoms with Crippen LogP contribution in [0.25, 0.3) is 10.2 Å². The SMILES string of the molecule is CCN(CC)CCN(C(=O)c1ccc(S(=O)(=O)N(CCOC)CCOC)cc1)c1nc2ccc(S(C)(=O)=O)cc2s1. The number of methoxy groups -OCH3 is 2. The lowest BCUT2D eigenvalue weighted by Gasteiger charge is -2.25. The lowest BCUT2D eigenvalue weighted by Crippen LogP contribution is -2.39. The van der Waals surface area contributed by atoms with E-state index in [1.807, 2.05) is 13.8 Å². The predicted octanol–water partition coefficient (Wildman–Crippen LogP) is 2.97. The number of rotatable bonds is 16. The molecule has 0 saturated carbocycles. The second-order valence-electron chi connectivity index (χ2n) is 9.30. The van der Waals surface area contributed by atoms with E-state index in [0.717, 1.165) is 19.3 Å². The Balaban J connectivity index is 1.95. The van der Waals surface area contributed by atoms with Crippen LogP contribution in [0.1, 0.15) is 24.2 Å². The molecule has 1 amide bonds. The first kappa shape index (κ1) is 33.0. The van der Waals surface area contributed by atoms with Gasteiger partial charge in [-0.1, -0.05) is 25.2 Å². The van der Waals surface area contributed by atoms with E-state index in [2.05, 4.69) is 9.88 Å². The first-order valence-electron chi connectivity index (χ1n) is 13.2. The maximum Gasteiger partial charge on any atom is 0.260 e. The van der Waals surface area contributed by atoms with Crippen molar-refractivity contribution in [1.29, 1.82) is 0 Å². The molecule has 1 heterocycles. The van der Waals surface area contributed by atoms with Gasteiger partial charge in [0, 0.05) is 52.2 Å². The summed E-state index contributed by atoms with van der Waals surface area (Å²) in [4.78, 5) is 22.4. The van der Waals surface area contributed by atoms with Crippen molar-refractivity contribution in [3.63, 3.8) is 0 Å². The number of carbonyl (C=O) groups excluding carboxylic acids is 1. The average Bonchev–Trinajstić information content (AvgIpc) is 3.38. The van der Waals surface area contributed by atoms with E-state index in [-0.39, 0.29) is 42.0 Å². The van der Waals surface area contributed by atoms with Crippen LogP contribution in [-0.4, -0.2) is 110 Å². The number of sulfone groups is 1. The zero-order valence-electron chi connectivity index (χ0n) is 24.1. The number of carbonyl (C=O) groups is 1. The highest BCUT2D eigenvalue weighted by atomic mass is 32.2. The summed E-state index contributed by atoms with van der Waals surface area (Å²) in [6, 6.07) is 10.6. The number of thiazole rings is 1. The Morgan fingerprint density at radius 1 is 0.854 bits per heavy atom. The molecule has 3 aromatic rings. The number of aromatic nitrogens is 1. The summed E-state index contributed by atoms with van der Waals surface area (Å²) in [5.74, 6) is -0.334. The molecule has 0 bridgehead atoms. The van der Waals surface area contributed by atoms with Crippen molar-refractivity contribution in [2.75, 3.05) is 77.9 Å². The van der Waals surface area contributed by atoms with Crippen molar-refractivity contribution in [2.45, 2.75) is 23.6 Å². The van der Waals surface area contributed by atoms with Crippen LogP contribution in [0.3, 0.4) is 0 Å². The standard InChI is InChI=1S/C27H38N4O7S3/c1-6-29(7-2)14-15-31(27-28-24-13-12-23(40(5,33)34)20-25(24)39-27)26(32)21-8-10-22(11-9-21)41(35,36)30(16-18-37-3)17-19-38-4/h8-13,20H,6-7,14-19H2,1-5H3. The number of ether oxygens (including phenoxy) is 2. The molecule has 41 heavy (non-hydrogen) atoms. The lowest BCUT2D eigenvalue weighted by molar-refractivity contribution is 0.0983. The van der Waals surface area contributed by atoms with E-state index in [1.54, 1.807) is 17.0 Å². The van der Waals surface area contributed by atoms with Gasteiger partial charge in [-0.15, -0.1) is 0 Å². The van der Waals surface area contributed by atoms with Crippen LogP contribution >= 0.6 is 11.3 Å². The molecule has 0 N–H and O–H groups in total. The lowest BCUT2D eigenvalue weighted by atomic mass is 10.2. The smallest absolute Gasteiger partial charge is 0.260 e.